The Hall–Kier alpha value is -0.870. The smallest absolute Gasteiger partial charge is 0.123 e. The first-order valence-electron chi connectivity index (χ1n) is 4.94. The molecule has 78 valence electrons. The van der Waals surface area contributed by atoms with Gasteiger partial charge >= 0.3 is 0 Å². The van der Waals surface area contributed by atoms with E-state index < -0.39 is 0 Å². The zero-order valence-electron chi connectivity index (χ0n) is 8.06. The van der Waals surface area contributed by atoms with E-state index >= 15 is 0 Å². The summed E-state index contributed by atoms with van der Waals surface area (Å²) in [5.74, 6) is -0.181. The molecule has 0 spiro atoms. The lowest BCUT2D eigenvalue weighted by atomic mass is 10.2. The Morgan fingerprint density at radius 1 is 1.40 bits per heavy atom. The fourth-order valence-electron chi connectivity index (χ4n) is 2.16. The molecular formula is C11H10BrFN2. The highest BCUT2D eigenvalue weighted by molar-refractivity contribution is 9.10. The summed E-state index contributed by atoms with van der Waals surface area (Å²) in [4.78, 5) is 0. The van der Waals surface area contributed by atoms with Gasteiger partial charge in [-0.3, -0.25) is 0 Å². The van der Waals surface area contributed by atoms with Crippen molar-refractivity contribution in [3.8, 4) is 0 Å². The second-order valence-electron chi connectivity index (χ2n) is 3.75. The number of nitrogens with zero attached hydrogens (tertiary/aromatic N) is 1. The van der Waals surface area contributed by atoms with Gasteiger partial charge in [-0.1, -0.05) is 0 Å². The fourth-order valence-corrected chi connectivity index (χ4v) is 2.84. The van der Waals surface area contributed by atoms with Crippen LogP contribution in [0.15, 0.2) is 22.7 Å². The quantitative estimate of drug-likeness (QED) is 0.778. The van der Waals surface area contributed by atoms with Crippen molar-refractivity contribution < 1.29 is 4.39 Å². The van der Waals surface area contributed by atoms with E-state index in [1.807, 2.05) is 6.07 Å². The SMILES string of the molecule is Fc1ccc2c(c1)c(Br)c1n2CCNC1. The number of rotatable bonds is 0. The molecule has 0 bridgehead atoms. The predicted molar refractivity (Wildman–Crippen MR) is 61.3 cm³/mol. The van der Waals surface area contributed by atoms with E-state index in [1.54, 1.807) is 6.07 Å². The van der Waals surface area contributed by atoms with Crippen LogP contribution in [0.1, 0.15) is 5.69 Å². The summed E-state index contributed by atoms with van der Waals surface area (Å²) in [7, 11) is 0. The summed E-state index contributed by atoms with van der Waals surface area (Å²) in [5.41, 5.74) is 2.32. The third-order valence-corrected chi connectivity index (χ3v) is 3.75. The van der Waals surface area contributed by atoms with Gasteiger partial charge < -0.3 is 9.88 Å². The summed E-state index contributed by atoms with van der Waals surface area (Å²) < 4.78 is 16.4. The van der Waals surface area contributed by atoms with Gasteiger partial charge in [-0.15, -0.1) is 0 Å². The Morgan fingerprint density at radius 2 is 2.27 bits per heavy atom. The zero-order chi connectivity index (χ0) is 10.4. The summed E-state index contributed by atoms with van der Waals surface area (Å²) in [6.07, 6.45) is 0. The first-order valence-corrected chi connectivity index (χ1v) is 5.73. The predicted octanol–water partition coefficient (Wildman–Crippen LogP) is 2.65. The van der Waals surface area contributed by atoms with E-state index in [1.165, 1.54) is 11.8 Å². The molecule has 0 amide bonds. The fraction of sp³-hybridized carbons (Fsp3) is 0.273. The van der Waals surface area contributed by atoms with Gasteiger partial charge in [-0.25, -0.2) is 4.39 Å². The summed E-state index contributed by atoms with van der Waals surface area (Å²) in [6.45, 7) is 2.76. The van der Waals surface area contributed by atoms with E-state index in [0.717, 1.165) is 35.0 Å². The van der Waals surface area contributed by atoms with Crippen molar-refractivity contribution in [2.75, 3.05) is 6.54 Å². The van der Waals surface area contributed by atoms with Crippen molar-refractivity contribution in [3.05, 3.63) is 34.2 Å². The Kier molecular flexibility index (Phi) is 2.07. The van der Waals surface area contributed by atoms with Crippen LogP contribution in [0.2, 0.25) is 0 Å². The molecule has 1 N–H and O–H groups in total. The Morgan fingerprint density at radius 3 is 3.13 bits per heavy atom. The molecular weight excluding hydrogens is 259 g/mol. The largest absolute Gasteiger partial charge is 0.341 e. The number of hydrogen-bond acceptors (Lipinski definition) is 1. The third kappa shape index (κ3) is 1.32. The van der Waals surface area contributed by atoms with Gasteiger partial charge in [0.05, 0.1) is 0 Å². The zero-order valence-corrected chi connectivity index (χ0v) is 9.64. The van der Waals surface area contributed by atoms with Crippen molar-refractivity contribution >= 4 is 26.8 Å². The van der Waals surface area contributed by atoms with Gasteiger partial charge in [-0.05, 0) is 34.1 Å². The van der Waals surface area contributed by atoms with Gasteiger partial charge in [-0.2, -0.15) is 0 Å². The molecule has 4 heteroatoms. The molecule has 0 atom stereocenters. The molecule has 1 aromatic carbocycles. The van der Waals surface area contributed by atoms with Gasteiger partial charge in [0.25, 0.3) is 0 Å². The van der Waals surface area contributed by atoms with Crippen molar-refractivity contribution in [2.45, 2.75) is 13.1 Å². The van der Waals surface area contributed by atoms with E-state index in [0.29, 0.717) is 0 Å². The van der Waals surface area contributed by atoms with E-state index in [9.17, 15) is 4.39 Å². The van der Waals surface area contributed by atoms with E-state index in [-0.39, 0.29) is 5.82 Å². The molecule has 1 aromatic heterocycles. The highest BCUT2D eigenvalue weighted by Gasteiger charge is 2.17. The lowest BCUT2D eigenvalue weighted by molar-refractivity contribution is 0.525. The maximum atomic E-state index is 13.1. The molecule has 1 aliphatic heterocycles. The van der Waals surface area contributed by atoms with E-state index in [4.69, 9.17) is 0 Å². The monoisotopic (exact) mass is 268 g/mol. The molecule has 3 rings (SSSR count). The number of nitrogens with one attached hydrogen (secondary N) is 1. The van der Waals surface area contributed by atoms with Crippen molar-refractivity contribution in [1.29, 1.82) is 0 Å². The summed E-state index contributed by atoms with van der Waals surface area (Å²) in [6, 6.07) is 4.96. The highest BCUT2D eigenvalue weighted by atomic mass is 79.9. The molecule has 2 nitrogen and oxygen atoms in total. The molecule has 2 heterocycles. The van der Waals surface area contributed by atoms with Crippen LogP contribution in [0, 0.1) is 5.82 Å². The summed E-state index contributed by atoms with van der Waals surface area (Å²) >= 11 is 3.54. The minimum atomic E-state index is -0.181. The van der Waals surface area contributed by atoms with Crippen molar-refractivity contribution in [1.82, 2.24) is 9.88 Å². The molecule has 0 fully saturated rings. The standard InChI is InChI=1S/C11H10BrFN2/c12-11-8-5-7(13)1-2-9(8)15-4-3-14-6-10(11)15/h1-2,5,14H,3-4,6H2. The Labute approximate surface area is 95.2 Å². The second-order valence-corrected chi connectivity index (χ2v) is 4.54. The molecule has 0 aliphatic carbocycles. The Bertz CT molecular complexity index is 533. The second kappa shape index (κ2) is 3.32. The van der Waals surface area contributed by atoms with Crippen LogP contribution in [0.4, 0.5) is 4.39 Å². The maximum absolute atomic E-state index is 13.1. The molecule has 2 aromatic rings. The number of benzene rings is 1. The number of halogens is 2. The third-order valence-electron chi connectivity index (χ3n) is 2.87. The molecule has 0 radical (unpaired) electrons. The lowest BCUT2D eigenvalue weighted by Crippen LogP contribution is -2.27. The highest BCUT2D eigenvalue weighted by Crippen LogP contribution is 2.32. The summed E-state index contributed by atoms with van der Waals surface area (Å²) in [5, 5.41) is 4.28. The normalized spacial score (nSPS) is 15.6. The van der Waals surface area contributed by atoms with Gasteiger partial charge in [0.15, 0.2) is 0 Å². The lowest BCUT2D eigenvalue weighted by Gasteiger charge is -2.17. The molecule has 1 aliphatic rings. The van der Waals surface area contributed by atoms with Crippen LogP contribution in [0.25, 0.3) is 10.9 Å². The van der Waals surface area contributed by atoms with Crippen LogP contribution in [0.5, 0.6) is 0 Å². The average molecular weight is 269 g/mol. The number of aromatic nitrogens is 1. The van der Waals surface area contributed by atoms with Crippen LogP contribution in [-0.2, 0) is 13.1 Å². The molecule has 15 heavy (non-hydrogen) atoms. The minimum Gasteiger partial charge on any atom is -0.341 e. The number of fused-ring (bicyclic) bond motifs is 3. The molecule has 0 unspecified atom stereocenters. The topological polar surface area (TPSA) is 17.0 Å². The first-order chi connectivity index (χ1) is 7.27. The van der Waals surface area contributed by atoms with Gasteiger partial charge in [0.2, 0.25) is 0 Å². The maximum Gasteiger partial charge on any atom is 0.123 e. The molecule has 0 saturated carbocycles. The molecule has 0 saturated heterocycles. The Balaban J connectivity index is 2.38. The van der Waals surface area contributed by atoms with E-state index in [2.05, 4.69) is 25.8 Å². The average Bonchev–Trinajstić information content (AvgIpc) is 2.54. The minimum absolute atomic E-state index is 0.181. The van der Waals surface area contributed by atoms with Crippen molar-refractivity contribution in [2.24, 2.45) is 0 Å². The van der Waals surface area contributed by atoms with Crippen LogP contribution < -0.4 is 5.32 Å². The first kappa shape index (κ1) is 9.36. The van der Waals surface area contributed by atoms with Gasteiger partial charge in [0.1, 0.15) is 5.82 Å². The van der Waals surface area contributed by atoms with Crippen molar-refractivity contribution in [3.63, 3.8) is 0 Å². The van der Waals surface area contributed by atoms with Crippen LogP contribution in [-0.4, -0.2) is 11.1 Å². The van der Waals surface area contributed by atoms with Crippen LogP contribution >= 0.6 is 15.9 Å². The number of hydrogen-bond donors (Lipinski definition) is 1. The van der Waals surface area contributed by atoms with Crippen LogP contribution in [0.3, 0.4) is 0 Å². The van der Waals surface area contributed by atoms with Gasteiger partial charge in [0, 0.05) is 40.7 Å².